The Morgan fingerprint density at radius 3 is 2.76 bits per heavy atom. The lowest BCUT2D eigenvalue weighted by Gasteiger charge is -2.26. The lowest BCUT2D eigenvalue weighted by atomic mass is 9.93. The van der Waals surface area contributed by atoms with Crippen LogP contribution in [0.25, 0.3) is 0 Å². The fourth-order valence-electron chi connectivity index (χ4n) is 3.65. The Balaban J connectivity index is 0.00000300. The highest BCUT2D eigenvalue weighted by atomic mass is 127. The zero-order valence-electron chi connectivity index (χ0n) is 17.6. The van der Waals surface area contributed by atoms with E-state index < -0.39 is 0 Å². The summed E-state index contributed by atoms with van der Waals surface area (Å²) in [4.78, 5) is 4.68. The molecule has 3 rings (SSSR count). The molecule has 0 saturated heterocycles. The highest BCUT2D eigenvalue weighted by Gasteiger charge is 2.21. The monoisotopic (exact) mass is 512 g/mol. The van der Waals surface area contributed by atoms with Crippen molar-refractivity contribution in [3.8, 4) is 5.75 Å². The number of hydrogen-bond donors (Lipinski definition) is 2. The Labute approximate surface area is 190 Å². The number of rotatable bonds is 8. The molecule has 2 N–H and O–H groups in total. The van der Waals surface area contributed by atoms with Crippen LogP contribution in [0, 0.1) is 0 Å². The van der Waals surface area contributed by atoms with E-state index in [9.17, 15) is 0 Å². The predicted octanol–water partition coefficient (Wildman–Crippen LogP) is 4.82. The molecule has 0 fully saturated rings. The topological polar surface area (TPSA) is 71.7 Å². The Morgan fingerprint density at radius 1 is 1.21 bits per heavy atom. The van der Waals surface area contributed by atoms with Gasteiger partial charge in [-0.15, -0.1) is 24.0 Å². The van der Waals surface area contributed by atoms with Gasteiger partial charge in [-0.3, -0.25) is 0 Å². The summed E-state index contributed by atoms with van der Waals surface area (Å²) >= 11 is 0. The number of para-hydroxylation sites is 1. The summed E-state index contributed by atoms with van der Waals surface area (Å²) in [6, 6.07) is 10.3. The van der Waals surface area contributed by atoms with Gasteiger partial charge in [0.1, 0.15) is 12.3 Å². The summed E-state index contributed by atoms with van der Waals surface area (Å²) in [5.74, 6) is 3.47. The van der Waals surface area contributed by atoms with E-state index in [0.29, 0.717) is 18.4 Å². The zero-order valence-corrected chi connectivity index (χ0v) is 19.9. The first-order valence-electron chi connectivity index (χ1n) is 10.4. The molecular weight excluding hydrogens is 479 g/mol. The Morgan fingerprint density at radius 2 is 2.00 bits per heavy atom. The van der Waals surface area contributed by atoms with E-state index in [4.69, 9.17) is 9.26 Å². The number of guanidine groups is 1. The highest BCUT2D eigenvalue weighted by molar-refractivity contribution is 14.0. The Hall–Kier alpha value is -1.77. The summed E-state index contributed by atoms with van der Waals surface area (Å²) < 4.78 is 11.2. The van der Waals surface area contributed by atoms with Crippen LogP contribution >= 0.6 is 24.0 Å². The van der Waals surface area contributed by atoms with Crippen LogP contribution in [0.5, 0.6) is 5.75 Å². The maximum Gasteiger partial charge on any atom is 0.191 e. The number of halogens is 1. The minimum atomic E-state index is 0. The molecule has 160 valence electrons. The van der Waals surface area contributed by atoms with E-state index in [1.807, 2.05) is 18.2 Å². The number of aromatic nitrogens is 1. The maximum absolute atomic E-state index is 5.76. The molecule has 1 aromatic heterocycles. The third kappa shape index (κ3) is 6.35. The minimum absolute atomic E-state index is 0. The van der Waals surface area contributed by atoms with Crippen molar-refractivity contribution >= 4 is 29.9 Å². The normalized spacial score (nSPS) is 16.0. The third-order valence-corrected chi connectivity index (χ3v) is 5.32. The van der Waals surface area contributed by atoms with E-state index in [2.05, 4.69) is 53.7 Å². The van der Waals surface area contributed by atoms with Crippen LogP contribution in [-0.4, -0.2) is 30.8 Å². The van der Waals surface area contributed by atoms with Crippen molar-refractivity contribution in [3.05, 3.63) is 47.3 Å². The van der Waals surface area contributed by atoms with E-state index in [-0.39, 0.29) is 24.0 Å². The van der Waals surface area contributed by atoms with Crippen molar-refractivity contribution in [3.63, 3.8) is 0 Å². The summed E-state index contributed by atoms with van der Waals surface area (Å²) in [5.41, 5.74) is 2.30. The van der Waals surface area contributed by atoms with Gasteiger partial charge in [-0.25, -0.2) is 4.99 Å². The van der Waals surface area contributed by atoms with Crippen LogP contribution < -0.4 is 15.4 Å². The zero-order chi connectivity index (χ0) is 19.8. The average molecular weight is 512 g/mol. The van der Waals surface area contributed by atoms with Gasteiger partial charge in [0, 0.05) is 31.0 Å². The van der Waals surface area contributed by atoms with Gasteiger partial charge in [-0.05, 0) is 37.8 Å². The number of hydrogen-bond acceptors (Lipinski definition) is 4. The van der Waals surface area contributed by atoms with Crippen LogP contribution in [0.15, 0.2) is 39.8 Å². The van der Waals surface area contributed by atoms with Crippen LogP contribution in [-0.2, 0) is 6.54 Å². The van der Waals surface area contributed by atoms with Crippen molar-refractivity contribution in [2.75, 3.05) is 19.7 Å². The largest absolute Gasteiger partial charge is 0.493 e. The summed E-state index contributed by atoms with van der Waals surface area (Å²) in [7, 11) is 0. The number of fused-ring (bicyclic) bond motifs is 1. The first-order valence-corrected chi connectivity index (χ1v) is 10.4. The molecular formula is C22H33IN4O2. The van der Waals surface area contributed by atoms with E-state index >= 15 is 0 Å². The van der Waals surface area contributed by atoms with Gasteiger partial charge < -0.3 is 19.9 Å². The van der Waals surface area contributed by atoms with Crippen LogP contribution in [0.4, 0.5) is 0 Å². The summed E-state index contributed by atoms with van der Waals surface area (Å²) in [6.07, 6.45) is 3.15. The number of nitrogens with zero attached hydrogens (tertiary/aromatic N) is 2. The van der Waals surface area contributed by atoms with Gasteiger partial charge in [0.05, 0.1) is 12.3 Å². The van der Waals surface area contributed by atoms with Crippen molar-refractivity contribution in [2.24, 2.45) is 4.99 Å². The van der Waals surface area contributed by atoms with Gasteiger partial charge in [-0.2, -0.15) is 0 Å². The minimum Gasteiger partial charge on any atom is -0.493 e. The quantitative estimate of drug-likeness (QED) is 0.302. The van der Waals surface area contributed by atoms with E-state index in [1.54, 1.807) is 0 Å². The molecule has 1 aliphatic heterocycles. The molecule has 1 atom stereocenters. The second kappa shape index (κ2) is 12.0. The fraction of sp³-hybridized carbons (Fsp3) is 0.545. The number of ether oxygens (including phenoxy) is 1. The van der Waals surface area contributed by atoms with Crippen molar-refractivity contribution in [1.29, 1.82) is 0 Å². The molecule has 0 aliphatic carbocycles. The molecule has 2 aromatic rings. The molecule has 1 aromatic carbocycles. The van der Waals surface area contributed by atoms with E-state index in [1.165, 1.54) is 5.56 Å². The van der Waals surface area contributed by atoms with Gasteiger partial charge in [0.2, 0.25) is 0 Å². The number of aliphatic imine (C=N–C) groups is 1. The van der Waals surface area contributed by atoms with Crippen LogP contribution in [0.1, 0.15) is 68.9 Å². The smallest absolute Gasteiger partial charge is 0.191 e. The first-order chi connectivity index (χ1) is 13.7. The molecule has 0 spiro atoms. The maximum atomic E-state index is 5.76. The predicted molar refractivity (Wildman–Crippen MR) is 127 cm³/mol. The molecule has 0 saturated carbocycles. The SMILES string of the molecule is CCNC(=NCc1cc(C(CC)CC)no1)NCC1CCOc2ccccc21.I. The second-order valence-electron chi connectivity index (χ2n) is 7.18. The van der Waals surface area contributed by atoms with Crippen molar-refractivity contribution < 1.29 is 9.26 Å². The number of benzene rings is 1. The first kappa shape index (κ1) is 23.5. The van der Waals surface area contributed by atoms with Gasteiger partial charge >= 0.3 is 0 Å². The molecule has 1 unspecified atom stereocenters. The standard InChI is InChI=1S/C22H32N4O2.HI/c1-4-16(5-2)20-13-18(28-26-20)15-25-22(23-6-3)24-14-17-11-12-27-21-10-8-7-9-19(17)21;/h7-10,13,16-17H,4-6,11-12,14-15H2,1-3H3,(H2,23,24,25);1H. The lowest BCUT2D eigenvalue weighted by molar-refractivity contribution is 0.267. The van der Waals surface area contributed by atoms with Crippen LogP contribution in [0.2, 0.25) is 0 Å². The van der Waals surface area contributed by atoms with Crippen molar-refractivity contribution in [1.82, 2.24) is 15.8 Å². The van der Waals surface area contributed by atoms with Gasteiger partial charge in [-0.1, -0.05) is 37.2 Å². The molecule has 2 heterocycles. The Bertz CT molecular complexity index is 774. The third-order valence-electron chi connectivity index (χ3n) is 5.32. The molecule has 0 bridgehead atoms. The molecule has 6 nitrogen and oxygen atoms in total. The number of nitrogens with one attached hydrogen (secondary N) is 2. The molecule has 0 radical (unpaired) electrons. The summed E-state index contributed by atoms with van der Waals surface area (Å²) in [6.45, 7) is 9.30. The molecule has 0 amide bonds. The lowest BCUT2D eigenvalue weighted by Crippen LogP contribution is -2.40. The molecule has 1 aliphatic rings. The molecule has 7 heteroatoms. The van der Waals surface area contributed by atoms with Crippen LogP contribution in [0.3, 0.4) is 0 Å². The molecule has 29 heavy (non-hydrogen) atoms. The van der Waals surface area contributed by atoms with Gasteiger partial charge in [0.15, 0.2) is 11.7 Å². The fourth-order valence-corrected chi connectivity index (χ4v) is 3.65. The highest BCUT2D eigenvalue weighted by Crippen LogP contribution is 2.32. The second-order valence-corrected chi connectivity index (χ2v) is 7.18. The Kier molecular flexibility index (Phi) is 9.76. The van der Waals surface area contributed by atoms with E-state index in [0.717, 1.165) is 62.1 Å². The van der Waals surface area contributed by atoms with Crippen molar-refractivity contribution in [2.45, 2.75) is 58.4 Å². The van der Waals surface area contributed by atoms with Gasteiger partial charge in [0.25, 0.3) is 0 Å². The average Bonchev–Trinajstić information content (AvgIpc) is 3.20. The summed E-state index contributed by atoms with van der Waals surface area (Å²) in [5, 5.41) is 11.0.